The van der Waals surface area contributed by atoms with Gasteiger partial charge in [0, 0.05) is 6.54 Å². The minimum Gasteiger partial charge on any atom is -0.439 e. The molecule has 0 spiro atoms. The summed E-state index contributed by atoms with van der Waals surface area (Å²) in [7, 11) is 0. The highest BCUT2D eigenvalue weighted by Crippen LogP contribution is 2.42. The van der Waals surface area contributed by atoms with E-state index in [0.717, 1.165) is 12.0 Å². The number of amides is 1. The predicted molar refractivity (Wildman–Crippen MR) is 100.0 cm³/mol. The summed E-state index contributed by atoms with van der Waals surface area (Å²) in [6.45, 7) is 2.52. The Balaban J connectivity index is 1.50. The maximum atomic E-state index is 12.7. The van der Waals surface area contributed by atoms with Gasteiger partial charge in [0.05, 0.1) is 12.4 Å². The first-order valence-electron chi connectivity index (χ1n) is 9.27. The van der Waals surface area contributed by atoms with Gasteiger partial charge in [0.25, 0.3) is 0 Å². The van der Waals surface area contributed by atoms with Crippen molar-refractivity contribution in [2.45, 2.75) is 44.4 Å². The topological polar surface area (TPSA) is 108 Å². The number of hydrogen-bond acceptors (Lipinski definition) is 7. The Hall–Kier alpha value is -3.20. The van der Waals surface area contributed by atoms with Gasteiger partial charge in [-0.3, -0.25) is 9.47 Å². The summed E-state index contributed by atoms with van der Waals surface area (Å²) in [4.78, 5) is 27.0. The van der Waals surface area contributed by atoms with Crippen molar-refractivity contribution in [1.82, 2.24) is 24.4 Å². The molecule has 0 saturated carbocycles. The molecule has 0 radical (unpaired) electrons. The number of rotatable bonds is 4. The molecule has 9 nitrogen and oxygen atoms in total. The van der Waals surface area contributed by atoms with Gasteiger partial charge < -0.3 is 15.2 Å². The molecule has 4 atom stereocenters. The monoisotopic (exact) mass is 380 g/mol. The zero-order valence-corrected chi connectivity index (χ0v) is 15.3. The normalized spacial score (nSPS) is 26.6. The van der Waals surface area contributed by atoms with Crippen molar-refractivity contribution in [3.63, 3.8) is 0 Å². The first-order valence-corrected chi connectivity index (χ1v) is 9.27. The van der Waals surface area contributed by atoms with E-state index in [0.29, 0.717) is 23.5 Å². The van der Waals surface area contributed by atoms with Crippen molar-refractivity contribution in [1.29, 1.82) is 0 Å². The molecule has 1 aromatic carbocycles. The number of hydrogen-bond donors (Lipinski definition) is 1. The number of carbonyl (C=O) groups excluding carboxylic acids is 1. The van der Waals surface area contributed by atoms with Gasteiger partial charge in [0.2, 0.25) is 0 Å². The molecule has 2 N–H and O–H groups in total. The van der Waals surface area contributed by atoms with Gasteiger partial charge >= 0.3 is 6.09 Å². The first-order chi connectivity index (χ1) is 13.7. The molecule has 4 heterocycles. The van der Waals surface area contributed by atoms with Gasteiger partial charge in [-0.05, 0) is 12.0 Å². The van der Waals surface area contributed by atoms with E-state index in [2.05, 4.69) is 15.0 Å². The van der Waals surface area contributed by atoms with Crippen LogP contribution in [0.5, 0.6) is 0 Å². The third-order valence-electron chi connectivity index (χ3n) is 5.40. The second-order valence-electron chi connectivity index (χ2n) is 7.01. The molecule has 3 aromatic rings. The van der Waals surface area contributed by atoms with E-state index in [1.165, 1.54) is 6.33 Å². The summed E-state index contributed by atoms with van der Waals surface area (Å²) >= 11 is 0. The number of benzene rings is 1. The third-order valence-corrected chi connectivity index (χ3v) is 5.40. The molecule has 2 fully saturated rings. The largest absolute Gasteiger partial charge is 0.439 e. The highest BCUT2D eigenvalue weighted by atomic mass is 16.6. The molecule has 28 heavy (non-hydrogen) atoms. The Morgan fingerprint density at radius 1 is 1.18 bits per heavy atom. The molecule has 2 aliphatic rings. The van der Waals surface area contributed by atoms with Gasteiger partial charge in [-0.2, -0.15) is 0 Å². The number of fused-ring (bicyclic) bond motifs is 2. The van der Waals surface area contributed by atoms with E-state index in [9.17, 15) is 4.79 Å². The lowest BCUT2D eigenvalue weighted by atomic mass is 10.0. The number of aromatic nitrogens is 4. The second-order valence-corrected chi connectivity index (χ2v) is 7.01. The minimum absolute atomic E-state index is 0.151. The zero-order valence-electron chi connectivity index (χ0n) is 15.3. The predicted octanol–water partition coefficient (Wildman–Crippen LogP) is 2.11. The molecule has 2 aliphatic heterocycles. The van der Waals surface area contributed by atoms with Crippen molar-refractivity contribution in [3.8, 4) is 0 Å². The van der Waals surface area contributed by atoms with Crippen LogP contribution >= 0.6 is 0 Å². The van der Waals surface area contributed by atoms with Crippen molar-refractivity contribution in [2.24, 2.45) is 0 Å². The quantitative estimate of drug-likeness (QED) is 0.738. The Morgan fingerprint density at radius 3 is 2.79 bits per heavy atom. The van der Waals surface area contributed by atoms with E-state index in [1.54, 1.807) is 15.8 Å². The number of ether oxygens (including phenoxy) is 2. The van der Waals surface area contributed by atoms with Crippen LogP contribution in [0.15, 0.2) is 43.0 Å². The summed E-state index contributed by atoms with van der Waals surface area (Å²) in [5.41, 5.74) is 8.01. The molecular weight excluding hydrogens is 360 g/mol. The summed E-state index contributed by atoms with van der Waals surface area (Å²) in [5, 5.41) is 0. The second kappa shape index (κ2) is 6.45. The molecule has 5 rings (SSSR count). The fraction of sp³-hybridized carbons (Fsp3) is 0.368. The van der Waals surface area contributed by atoms with E-state index in [-0.39, 0.29) is 18.2 Å². The highest BCUT2D eigenvalue weighted by Gasteiger charge is 2.56. The Bertz CT molecular complexity index is 1020. The summed E-state index contributed by atoms with van der Waals surface area (Å²) in [6.07, 6.45) is 2.31. The van der Waals surface area contributed by atoms with Crippen LogP contribution < -0.4 is 5.73 Å². The van der Waals surface area contributed by atoms with Gasteiger partial charge in [0.15, 0.2) is 23.8 Å². The van der Waals surface area contributed by atoms with Crippen LogP contribution in [0.4, 0.5) is 10.6 Å². The number of imidazole rings is 1. The Morgan fingerprint density at radius 2 is 2.00 bits per heavy atom. The van der Waals surface area contributed by atoms with E-state index in [4.69, 9.17) is 15.2 Å². The smallest absolute Gasteiger partial charge is 0.411 e. The summed E-state index contributed by atoms with van der Waals surface area (Å²) < 4.78 is 13.8. The third kappa shape index (κ3) is 2.50. The van der Waals surface area contributed by atoms with Crippen molar-refractivity contribution in [2.75, 3.05) is 5.73 Å². The number of nitrogen functional groups attached to an aromatic ring is 1. The van der Waals surface area contributed by atoms with Crippen LogP contribution in [0.25, 0.3) is 11.2 Å². The molecule has 2 saturated heterocycles. The first kappa shape index (κ1) is 16.9. The fourth-order valence-electron chi connectivity index (χ4n) is 4.10. The number of carbonyl (C=O) groups is 1. The fourth-order valence-corrected chi connectivity index (χ4v) is 4.10. The van der Waals surface area contributed by atoms with Gasteiger partial charge in [-0.25, -0.2) is 19.7 Å². The lowest BCUT2D eigenvalue weighted by Gasteiger charge is -2.24. The number of anilines is 1. The van der Waals surface area contributed by atoms with Crippen molar-refractivity contribution >= 4 is 23.1 Å². The van der Waals surface area contributed by atoms with Crippen LogP contribution in [-0.4, -0.2) is 48.8 Å². The van der Waals surface area contributed by atoms with Crippen LogP contribution in [0, 0.1) is 0 Å². The van der Waals surface area contributed by atoms with E-state index >= 15 is 0 Å². The Kier molecular flexibility index (Phi) is 3.90. The summed E-state index contributed by atoms with van der Waals surface area (Å²) in [5.74, 6) is 0.305. The maximum Gasteiger partial charge on any atom is 0.411 e. The molecule has 0 aliphatic carbocycles. The van der Waals surface area contributed by atoms with Crippen molar-refractivity contribution < 1.29 is 14.3 Å². The van der Waals surface area contributed by atoms with Crippen LogP contribution in [0.3, 0.4) is 0 Å². The average molecular weight is 380 g/mol. The molecule has 2 aromatic heterocycles. The molecular formula is C19H20N6O3. The van der Waals surface area contributed by atoms with Crippen LogP contribution in [0.2, 0.25) is 0 Å². The lowest BCUT2D eigenvalue weighted by Crippen LogP contribution is -2.41. The number of nitrogens with zero attached hydrogens (tertiary/aromatic N) is 5. The number of nitrogens with two attached hydrogens (primary N) is 1. The van der Waals surface area contributed by atoms with Gasteiger partial charge in [0.1, 0.15) is 17.9 Å². The molecule has 0 bridgehead atoms. The standard InChI is InChI=1S/C19H20N6O3/c1-2-12-14-15(28-19(26)24(14)8-11-6-4-3-5-7-11)18(27-12)25-10-23-13-16(20)21-9-22-17(13)25/h3-7,9-10,12,14-15,18H,2,8H2,1H3,(H2,20,21,22)/t12-,14-,15-,18-/m1/s1. The highest BCUT2D eigenvalue weighted by molar-refractivity contribution is 5.81. The van der Waals surface area contributed by atoms with E-state index < -0.39 is 12.3 Å². The van der Waals surface area contributed by atoms with Crippen molar-refractivity contribution in [3.05, 3.63) is 48.5 Å². The minimum atomic E-state index is -0.515. The molecule has 0 unspecified atom stereocenters. The molecule has 9 heteroatoms. The average Bonchev–Trinajstić information content (AvgIpc) is 3.37. The van der Waals surface area contributed by atoms with Crippen LogP contribution in [-0.2, 0) is 16.0 Å². The Labute approximate surface area is 161 Å². The maximum absolute atomic E-state index is 12.7. The van der Waals surface area contributed by atoms with Gasteiger partial charge in [-0.1, -0.05) is 37.3 Å². The molecule has 144 valence electrons. The lowest BCUT2D eigenvalue weighted by molar-refractivity contribution is -0.0465. The summed E-state index contributed by atoms with van der Waals surface area (Å²) in [6, 6.07) is 9.69. The van der Waals surface area contributed by atoms with E-state index in [1.807, 2.05) is 37.3 Å². The SMILES string of the molecule is CC[C@H]1O[C@@H](n2cnc3c(N)ncnc32)[C@@H]2OC(=O)N(Cc3ccccc3)[C@@H]21. The van der Waals surface area contributed by atoms with Crippen LogP contribution in [0.1, 0.15) is 25.1 Å². The van der Waals surface area contributed by atoms with Gasteiger partial charge in [-0.15, -0.1) is 0 Å². The molecule has 1 amide bonds. The zero-order chi connectivity index (χ0) is 19.3.